The number of amides is 1. The van der Waals surface area contributed by atoms with E-state index in [4.69, 9.17) is 0 Å². The summed E-state index contributed by atoms with van der Waals surface area (Å²) in [5.41, 5.74) is 1.27. The average Bonchev–Trinajstić information content (AvgIpc) is 3.17. The third kappa shape index (κ3) is 3.67. The molecule has 138 valence electrons. The van der Waals surface area contributed by atoms with Crippen LogP contribution in [0.2, 0.25) is 0 Å². The molecule has 3 aromatic rings. The molecule has 4 heterocycles. The molecular weight excluding hydrogens is 342 g/mol. The van der Waals surface area contributed by atoms with Crippen molar-refractivity contribution in [2.45, 2.75) is 25.3 Å². The van der Waals surface area contributed by atoms with Crippen LogP contribution in [0, 0.1) is 0 Å². The molecule has 0 aliphatic carbocycles. The highest BCUT2D eigenvalue weighted by molar-refractivity contribution is 5.94. The van der Waals surface area contributed by atoms with Gasteiger partial charge in [0.1, 0.15) is 11.6 Å². The molecule has 1 amide bonds. The number of aromatic hydroxyl groups is 1. The lowest BCUT2D eigenvalue weighted by molar-refractivity contribution is 0.0694. The molecule has 1 atom stereocenters. The fraction of sp³-hybridized carbons (Fsp3) is 0.300. The SMILES string of the molecule is O=C(c1ncccc1O)N1CCC[C@@H](c2nccn2Cc2ccncc2)C1. The van der Waals surface area contributed by atoms with Crippen LogP contribution >= 0.6 is 0 Å². The van der Waals surface area contributed by atoms with Gasteiger partial charge in [0, 0.05) is 56.5 Å². The summed E-state index contributed by atoms with van der Waals surface area (Å²) in [6.07, 6.45) is 10.7. The Bertz CT molecular complexity index is 925. The minimum Gasteiger partial charge on any atom is -0.505 e. The monoisotopic (exact) mass is 363 g/mol. The van der Waals surface area contributed by atoms with Gasteiger partial charge in [-0.2, -0.15) is 0 Å². The van der Waals surface area contributed by atoms with Crippen LogP contribution in [-0.4, -0.2) is 48.5 Å². The molecule has 4 rings (SSSR count). The maximum Gasteiger partial charge on any atom is 0.276 e. The lowest BCUT2D eigenvalue weighted by atomic mass is 9.96. The summed E-state index contributed by atoms with van der Waals surface area (Å²) in [5.74, 6) is 0.828. The maximum atomic E-state index is 12.8. The Morgan fingerprint density at radius 2 is 2.00 bits per heavy atom. The first-order valence-electron chi connectivity index (χ1n) is 9.05. The molecule has 0 unspecified atom stereocenters. The van der Waals surface area contributed by atoms with Crippen molar-refractivity contribution in [3.63, 3.8) is 0 Å². The smallest absolute Gasteiger partial charge is 0.276 e. The highest BCUT2D eigenvalue weighted by atomic mass is 16.3. The largest absolute Gasteiger partial charge is 0.505 e. The minimum atomic E-state index is -0.231. The summed E-state index contributed by atoms with van der Waals surface area (Å²) in [6.45, 7) is 1.96. The number of rotatable bonds is 4. The number of carbonyl (C=O) groups is 1. The number of hydrogen-bond acceptors (Lipinski definition) is 5. The number of carbonyl (C=O) groups excluding carboxylic acids is 1. The molecule has 0 radical (unpaired) electrons. The van der Waals surface area contributed by atoms with Crippen LogP contribution in [0.25, 0.3) is 0 Å². The van der Waals surface area contributed by atoms with Crippen molar-refractivity contribution < 1.29 is 9.90 Å². The van der Waals surface area contributed by atoms with Crippen LogP contribution in [0.4, 0.5) is 0 Å². The van der Waals surface area contributed by atoms with Crippen molar-refractivity contribution >= 4 is 5.91 Å². The third-order valence-corrected chi connectivity index (χ3v) is 4.91. The van der Waals surface area contributed by atoms with Crippen molar-refractivity contribution in [1.82, 2.24) is 24.4 Å². The highest BCUT2D eigenvalue weighted by Gasteiger charge is 2.29. The van der Waals surface area contributed by atoms with Gasteiger partial charge in [0.2, 0.25) is 0 Å². The number of hydrogen-bond donors (Lipinski definition) is 1. The summed E-state index contributed by atoms with van der Waals surface area (Å²) < 4.78 is 2.13. The Hall–Kier alpha value is -3.22. The highest BCUT2D eigenvalue weighted by Crippen LogP contribution is 2.28. The number of likely N-dealkylation sites (tertiary alicyclic amines) is 1. The summed E-state index contributed by atoms with van der Waals surface area (Å²) in [6, 6.07) is 7.08. The molecule has 7 heteroatoms. The van der Waals surface area contributed by atoms with E-state index >= 15 is 0 Å². The first kappa shape index (κ1) is 17.2. The van der Waals surface area contributed by atoms with E-state index in [2.05, 4.69) is 19.5 Å². The van der Waals surface area contributed by atoms with Crippen molar-refractivity contribution in [3.05, 3.63) is 72.3 Å². The molecule has 1 aliphatic rings. The lowest BCUT2D eigenvalue weighted by Gasteiger charge is -2.32. The molecule has 7 nitrogen and oxygen atoms in total. The minimum absolute atomic E-state index is 0.0798. The van der Waals surface area contributed by atoms with Crippen molar-refractivity contribution in [2.75, 3.05) is 13.1 Å². The van der Waals surface area contributed by atoms with Gasteiger partial charge >= 0.3 is 0 Å². The zero-order valence-electron chi connectivity index (χ0n) is 14.9. The van der Waals surface area contributed by atoms with Gasteiger partial charge in [0.05, 0.1) is 0 Å². The quantitative estimate of drug-likeness (QED) is 0.770. The van der Waals surface area contributed by atoms with Crippen LogP contribution in [0.5, 0.6) is 5.75 Å². The molecule has 1 aliphatic heterocycles. The number of aromatic nitrogens is 4. The maximum absolute atomic E-state index is 12.8. The summed E-state index contributed by atoms with van der Waals surface area (Å²) in [5, 5.41) is 9.94. The predicted molar refractivity (Wildman–Crippen MR) is 99.3 cm³/mol. The van der Waals surface area contributed by atoms with Crippen LogP contribution in [0.1, 0.15) is 40.6 Å². The van der Waals surface area contributed by atoms with E-state index in [1.54, 1.807) is 23.4 Å². The zero-order valence-corrected chi connectivity index (χ0v) is 14.9. The number of pyridine rings is 2. The van der Waals surface area contributed by atoms with Gasteiger partial charge in [-0.1, -0.05) is 0 Å². The van der Waals surface area contributed by atoms with E-state index in [0.29, 0.717) is 13.1 Å². The van der Waals surface area contributed by atoms with Crippen molar-refractivity contribution in [2.24, 2.45) is 0 Å². The first-order valence-corrected chi connectivity index (χ1v) is 9.05. The zero-order chi connectivity index (χ0) is 18.6. The van der Waals surface area contributed by atoms with Gasteiger partial charge in [-0.3, -0.25) is 9.78 Å². The second-order valence-corrected chi connectivity index (χ2v) is 6.73. The Morgan fingerprint density at radius 3 is 2.81 bits per heavy atom. The van der Waals surface area contributed by atoms with E-state index in [0.717, 1.165) is 30.8 Å². The summed E-state index contributed by atoms with van der Waals surface area (Å²) in [7, 11) is 0. The van der Waals surface area contributed by atoms with Gasteiger partial charge in [0.25, 0.3) is 5.91 Å². The molecule has 0 bridgehead atoms. The van der Waals surface area contributed by atoms with E-state index in [-0.39, 0.29) is 23.3 Å². The van der Waals surface area contributed by atoms with Gasteiger partial charge < -0.3 is 14.6 Å². The summed E-state index contributed by atoms with van der Waals surface area (Å²) >= 11 is 0. The van der Waals surface area contributed by atoms with E-state index in [1.807, 2.05) is 24.5 Å². The second-order valence-electron chi connectivity index (χ2n) is 6.73. The van der Waals surface area contributed by atoms with Crippen LogP contribution < -0.4 is 0 Å². The molecule has 1 saturated heterocycles. The van der Waals surface area contributed by atoms with Gasteiger partial charge in [-0.15, -0.1) is 0 Å². The molecule has 0 spiro atoms. The van der Waals surface area contributed by atoms with Crippen LogP contribution in [-0.2, 0) is 6.54 Å². The Morgan fingerprint density at radius 1 is 1.15 bits per heavy atom. The Labute approximate surface area is 157 Å². The fourth-order valence-corrected chi connectivity index (χ4v) is 3.58. The molecule has 3 aromatic heterocycles. The Balaban J connectivity index is 1.52. The average molecular weight is 363 g/mol. The normalized spacial score (nSPS) is 17.0. The predicted octanol–water partition coefficient (Wildman–Crippen LogP) is 2.45. The number of nitrogens with zero attached hydrogens (tertiary/aromatic N) is 5. The topological polar surface area (TPSA) is 84.1 Å². The lowest BCUT2D eigenvalue weighted by Crippen LogP contribution is -2.40. The van der Waals surface area contributed by atoms with E-state index in [9.17, 15) is 9.90 Å². The van der Waals surface area contributed by atoms with Gasteiger partial charge in [-0.05, 0) is 42.7 Å². The third-order valence-electron chi connectivity index (χ3n) is 4.91. The number of imidazole rings is 1. The molecular formula is C20H21N5O2. The fourth-order valence-electron chi connectivity index (χ4n) is 3.58. The number of piperidine rings is 1. The van der Waals surface area contributed by atoms with Gasteiger partial charge in [0.15, 0.2) is 5.69 Å². The molecule has 27 heavy (non-hydrogen) atoms. The molecule has 0 aromatic carbocycles. The molecule has 0 saturated carbocycles. The van der Waals surface area contributed by atoms with Crippen LogP contribution in [0.15, 0.2) is 55.2 Å². The van der Waals surface area contributed by atoms with Crippen LogP contribution in [0.3, 0.4) is 0 Å². The van der Waals surface area contributed by atoms with Crippen molar-refractivity contribution in [3.8, 4) is 5.75 Å². The summed E-state index contributed by atoms with van der Waals surface area (Å²) in [4.78, 5) is 27.2. The Kier molecular flexibility index (Phi) is 4.82. The molecule has 1 N–H and O–H groups in total. The van der Waals surface area contributed by atoms with E-state index < -0.39 is 0 Å². The second kappa shape index (κ2) is 7.57. The van der Waals surface area contributed by atoms with Crippen molar-refractivity contribution in [1.29, 1.82) is 0 Å². The standard InChI is InChI=1S/C20H21N5O2/c26-17-4-1-7-22-18(17)20(27)25-11-2-3-16(14-25)19-23-10-12-24(19)13-15-5-8-21-9-6-15/h1,4-10,12,16,26H,2-3,11,13-14H2/t16-/m1/s1. The van der Waals surface area contributed by atoms with Gasteiger partial charge in [-0.25, -0.2) is 9.97 Å². The molecule has 1 fully saturated rings. The van der Waals surface area contributed by atoms with E-state index in [1.165, 1.54) is 12.3 Å². The first-order chi connectivity index (χ1) is 13.2.